The first-order chi connectivity index (χ1) is 9.59. The lowest BCUT2D eigenvalue weighted by Gasteiger charge is -2.23. The zero-order valence-corrected chi connectivity index (χ0v) is 11.6. The Morgan fingerprint density at radius 1 is 1.40 bits per heavy atom. The molecule has 5 nitrogen and oxygen atoms in total. The van der Waals surface area contributed by atoms with Gasteiger partial charge in [-0.15, -0.1) is 0 Å². The number of carboxylic acid groups (broad SMARTS) is 1. The van der Waals surface area contributed by atoms with Gasteiger partial charge >= 0.3 is 12.0 Å². The molecule has 20 heavy (non-hydrogen) atoms. The molecule has 1 saturated heterocycles. The Bertz CT molecular complexity index is 475. The van der Waals surface area contributed by atoms with Gasteiger partial charge < -0.3 is 15.3 Å². The molecule has 0 aliphatic carbocycles. The quantitative estimate of drug-likeness (QED) is 0.884. The predicted octanol–water partition coefficient (Wildman–Crippen LogP) is 2.05. The third kappa shape index (κ3) is 3.29. The van der Waals surface area contributed by atoms with Crippen LogP contribution in [0.2, 0.25) is 0 Å². The maximum Gasteiger partial charge on any atom is 0.326 e. The molecule has 1 heterocycles. The van der Waals surface area contributed by atoms with E-state index in [1.807, 2.05) is 37.3 Å². The third-order valence-electron chi connectivity index (χ3n) is 3.73. The molecule has 108 valence electrons. The maximum absolute atomic E-state index is 12.0. The van der Waals surface area contributed by atoms with Gasteiger partial charge in [-0.05, 0) is 24.3 Å². The highest BCUT2D eigenvalue weighted by molar-refractivity contribution is 5.83. The molecular formula is C15H20N2O3. The number of nitrogens with one attached hydrogen (secondary N) is 1. The summed E-state index contributed by atoms with van der Waals surface area (Å²) in [6.45, 7) is 3.06. The number of hydrogen-bond donors (Lipinski definition) is 2. The second-order valence-electron chi connectivity index (χ2n) is 5.19. The molecule has 1 aromatic rings. The van der Waals surface area contributed by atoms with Crippen LogP contribution < -0.4 is 5.32 Å². The zero-order chi connectivity index (χ0) is 14.5. The van der Waals surface area contributed by atoms with Crippen molar-refractivity contribution >= 4 is 12.0 Å². The molecule has 2 amide bonds. The number of amides is 2. The van der Waals surface area contributed by atoms with Crippen LogP contribution in [0, 0.1) is 0 Å². The molecule has 0 bridgehead atoms. The van der Waals surface area contributed by atoms with Gasteiger partial charge in [0.15, 0.2) is 0 Å². The smallest absolute Gasteiger partial charge is 0.326 e. The molecular weight excluding hydrogens is 256 g/mol. The molecule has 1 unspecified atom stereocenters. The van der Waals surface area contributed by atoms with Crippen LogP contribution in [0.15, 0.2) is 30.3 Å². The van der Waals surface area contributed by atoms with Crippen molar-refractivity contribution < 1.29 is 14.7 Å². The Morgan fingerprint density at radius 2 is 2.10 bits per heavy atom. The van der Waals surface area contributed by atoms with Crippen molar-refractivity contribution in [2.45, 2.75) is 31.7 Å². The summed E-state index contributed by atoms with van der Waals surface area (Å²) in [5, 5.41) is 11.9. The van der Waals surface area contributed by atoms with Crippen LogP contribution >= 0.6 is 0 Å². The number of urea groups is 1. The number of hydrogen-bond acceptors (Lipinski definition) is 2. The second kappa shape index (κ2) is 6.41. The first-order valence-electron chi connectivity index (χ1n) is 6.92. The van der Waals surface area contributed by atoms with E-state index in [-0.39, 0.29) is 11.9 Å². The topological polar surface area (TPSA) is 69.6 Å². The SMILES string of the molecule is CC(CNC(=O)N1CCC[C@H]1C(=O)O)c1ccccc1. The lowest BCUT2D eigenvalue weighted by Crippen LogP contribution is -2.46. The van der Waals surface area contributed by atoms with Gasteiger partial charge in [0.25, 0.3) is 0 Å². The van der Waals surface area contributed by atoms with Crippen molar-refractivity contribution in [3.8, 4) is 0 Å². The first kappa shape index (κ1) is 14.4. The van der Waals surface area contributed by atoms with Crippen molar-refractivity contribution in [3.63, 3.8) is 0 Å². The van der Waals surface area contributed by atoms with Crippen LogP contribution in [0.25, 0.3) is 0 Å². The number of carboxylic acids is 1. The van der Waals surface area contributed by atoms with Crippen molar-refractivity contribution in [2.75, 3.05) is 13.1 Å². The van der Waals surface area contributed by atoms with Crippen molar-refractivity contribution in [3.05, 3.63) is 35.9 Å². The fourth-order valence-electron chi connectivity index (χ4n) is 2.51. The molecule has 2 atom stereocenters. The molecule has 0 radical (unpaired) electrons. The van der Waals surface area contributed by atoms with E-state index in [1.54, 1.807) is 0 Å². The van der Waals surface area contributed by atoms with Gasteiger partial charge in [-0.3, -0.25) is 0 Å². The fourth-order valence-corrected chi connectivity index (χ4v) is 2.51. The van der Waals surface area contributed by atoms with E-state index in [0.29, 0.717) is 19.5 Å². The van der Waals surface area contributed by atoms with E-state index in [0.717, 1.165) is 12.0 Å². The average Bonchev–Trinajstić information content (AvgIpc) is 2.95. The molecule has 0 spiro atoms. The van der Waals surface area contributed by atoms with Crippen LogP contribution in [0.3, 0.4) is 0 Å². The molecule has 1 fully saturated rings. The molecule has 5 heteroatoms. The number of likely N-dealkylation sites (tertiary alicyclic amines) is 1. The number of nitrogens with zero attached hydrogens (tertiary/aromatic N) is 1. The van der Waals surface area contributed by atoms with Gasteiger partial charge in [0.1, 0.15) is 6.04 Å². The standard InChI is InChI=1S/C15H20N2O3/c1-11(12-6-3-2-4-7-12)10-16-15(20)17-9-5-8-13(17)14(18)19/h2-4,6-7,11,13H,5,8-10H2,1H3,(H,16,20)(H,18,19)/t11?,13-/m0/s1. The molecule has 0 aromatic heterocycles. The molecule has 1 aromatic carbocycles. The van der Waals surface area contributed by atoms with E-state index in [9.17, 15) is 9.59 Å². The summed E-state index contributed by atoms with van der Waals surface area (Å²) in [5.74, 6) is -0.722. The Labute approximate surface area is 118 Å². The van der Waals surface area contributed by atoms with Crippen molar-refractivity contribution in [2.24, 2.45) is 0 Å². The summed E-state index contributed by atoms with van der Waals surface area (Å²) < 4.78 is 0. The predicted molar refractivity (Wildman–Crippen MR) is 75.6 cm³/mol. The summed E-state index contributed by atoms with van der Waals surface area (Å²) in [4.78, 5) is 24.5. The number of rotatable bonds is 4. The Balaban J connectivity index is 1.87. The molecule has 0 saturated carbocycles. The van der Waals surface area contributed by atoms with Gasteiger partial charge in [-0.2, -0.15) is 0 Å². The minimum absolute atomic E-state index is 0.200. The van der Waals surface area contributed by atoms with Gasteiger partial charge in [0, 0.05) is 13.1 Å². The summed E-state index contributed by atoms with van der Waals surface area (Å²) in [6, 6.07) is 8.97. The summed E-state index contributed by atoms with van der Waals surface area (Å²) in [7, 11) is 0. The summed E-state index contributed by atoms with van der Waals surface area (Å²) >= 11 is 0. The van der Waals surface area contributed by atoms with E-state index in [2.05, 4.69) is 5.32 Å². The normalized spacial score (nSPS) is 19.6. The van der Waals surface area contributed by atoms with Crippen LogP contribution in [0.4, 0.5) is 4.79 Å². The van der Waals surface area contributed by atoms with E-state index < -0.39 is 12.0 Å². The molecule has 1 aliphatic rings. The van der Waals surface area contributed by atoms with E-state index >= 15 is 0 Å². The Morgan fingerprint density at radius 3 is 2.75 bits per heavy atom. The summed E-state index contributed by atoms with van der Waals surface area (Å²) in [5.41, 5.74) is 1.16. The van der Waals surface area contributed by atoms with Crippen LogP contribution in [0.1, 0.15) is 31.2 Å². The van der Waals surface area contributed by atoms with Crippen LogP contribution in [-0.4, -0.2) is 41.1 Å². The van der Waals surface area contributed by atoms with E-state index in [1.165, 1.54) is 4.90 Å². The minimum atomic E-state index is -0.922. The van der Waals surface area contributed by atoms with Crippen LogP contribution in [-0.2, 0) is 4.79 Å². The number of benzene rings is 1. The van der Waals surface area contributed by atoms with Gasteiger partial charge in [-0.1, -0.05) is 37.3 Å². The Kier molecular flexibility index (Phi) is 4.61. The van der Waals surface area contributed by atoms with Crippen molar-refractivity contribution in [1.29, 1.82) is 0 Å². The highest BCUT2D eigenvalue weighted by atomic mass is 16.4. The van der Waals surface area contributed by atoms with Gasteiger partial charge in [-0.25, -0.2) is 9.59 Å². The lowest BCUT2D eigenvalue weighted by atomic mass is 10.0. The number of aliphatic carboxylic acids is 1. The number of carbonyl (C=O) groups is 2. The zero-order valence-electron chi connectivity index (χ0n) is 11.6. The molecule has 2 rings (SSSR count). The largest absolute Gasteiger partial charge is 0.480 e. The monoisotopic (exact) mass is 276 g/mol. The van der Waals surface area contributed by atoms with Gasteiger partial charge in [0.05, 0.1) is 0 Å². The maximum atomic E-state index is 12.0. The highest BCUT2D eigenvalue weighted by Gasteiger charge is 2.33. The first-order valence-corrected chi connectivity index (χ1v) is 6.92. The average molecular weight is 276 g/mol. The second-order valence-corrected chi connectivity index (χ2v) is 5.19. The summed E-state index contributed by atoms with van der Waals surface area (Å²) in [6.07, 6.45) is 1.29. The fraction of sp³-hybridized carbons (Fsp3) is 0.467. The molecule has 1 aliphatic heterocycles. The third-order valence-corrected chi connectivity index (χ3v) is 3.73. The Hall–Kier alpha value is -2.04. The molecule has 2 N–H and O–H groups in total. The van der Waals surface area contributed by atoms with Crippen molar-refractivity contribution in [1.82, 2.24) is 10.2 Å². The lowest BCUT2D eigenvalue weighted by molar-refractivity contribution is -0.141. The van der Waals surface area contributed by atoms with Gasteiger partial charge in [0.2, 0.25) is 0 Å². The van der Waals surface area contributed by atoms with Crippen LogP contribution in [0.5, 0.6) is 0 Å². The minimum Gasteiger partial charge on any atom is -0.480 e. The number of carbonyl (C=O) groups excluding carboxylic acids is 1. The highest BCUT2D eigenvalue weighted by Crippen LogP contribution is 2.18. The van der Waals surface area contributed by atoms with E-state index in [4.69, 9.17) is 5.11 Å².